The molecule has 2 N–H and O–H groups in total. The van der Waals surface area contributed by atoms with Crippen molar-refractivity contribution in [2.24, 2.45) is 28.8 Å². The van der Waals surface area contributed by atoms with Gasteiger partial charge in [0.05, 0.1) is 29.8 Å². The number of amides is 1. The fourth-order valence-electron chi connectivity index (χ4n) is 11.4. The molecule has 0 saturated heterocycles. The van der Waals surface area contributed by atoms with Gasteiger partial charge >= 0.3 is 0 Å². The first-order valence-corrected chi connectivity index (χ1v) is 26.5. The highest BCUT2D eigenvalue weighted by Crippen LogP contribution is 2.62. The Morgan fingerprint density at radius 1 is 0.944 bits per heavy atom. The van der Waals surface area contributed by atoms with Crippen LogP contribution in [0.4, 0.5) is 10.1 Å². The largest absolute Gasteiger partial charge is 0.493 e. The number of non-ortho nitro benzene ring substituents is 1. The van der Waals surface area contributed by atoms with Crippen LogP contribution >= 0.6 is 11.8 Å². The lowest BCUT2D eigenvalue weighted by molar-refractivity contribution is -0.384. The normalized spacial score (nSPS) is 23.0. The van der Waals surface area contributed by atoms with Gasteiger partial charge in [-0.15, -0.1) is 18.3 Å². The molecule has 8 rings (SSSR count). The van der Waals surface area contributed by atoms with Crippen molar-refractivity contribution in [3.8, 4) is 11.5 Å². The molecule has 0 aromatic heterocycles. The highest BCUT2D eigenvalue weighted by Gasteiger charge is 2.65. The van der Waals surface area contributed by atoms with Crippen molar-refractivity contribution >= 4 is 29.1 Å². The van der Waals surface area contributed by atoms with E-state index in [4.69, 9.17) is 24.2 Å². The third-order valence-electron chi connectivity index (χ3n) is 14.8. The number of benzene rings is 4. The number of aliphatic hydroxyl groups excluding tert-OH is 2. The van der Waals surface area contributed by atoms with Gasteiger partial charge in [0.1, 0.15) is 30.0 Å². The first-order valence-electron chi connectivity index (χ1n) is 25.5. The number of allylic oxidation sites excluding steroid dienone is 1. The second-order valence-electron chi connectivity index (χ2n) is 19.3. The maximum Gasteiger partial charge on any atom is 0.269 e. The van der Waals surface area contributed by atoms with Gasteiger partial charge in [0.25, 0.3) is 5.69 Å². The average Bonchev–Trinajstić information content (AvgIpc) is 3.92. The molecule has 1 heterocycles. The van der Waals surface area contributed by atoms with Crippen LogP contribution in [0, 0.1) is 39.6 Å². The average molecular weight is 990 g/mol. The van der Waals surface area contributed by atoms with Gasteiger partial charge in [-0.3, -0.25) is 14.9 Å². The van der Waals surface area contributed by atoms with Crippen molar-refractivity contribution in [2.45, 2.75) is 119 Å². The minimum Gasteiger partial charge on any atom is -0.493 e. The molecule has 4 aromatic carbocycles. The summed E-state index contributed by atoms with van der Waals surface area (Å²) in [6.07, 6.45) is 14.2. The van der Waals surface area contributed by atoms with Crippen LogP contribution in [0.5, 0.6) is 11.5 Å². The highest BCUT2D eigenvalue weighted by atomic mass is 32.2. The van der Waals surface area contributed by atoms with Crippen LogP contribution in [-0.2, 0) is 27.5 Å². The van der Waals surface area contributed by atoms with E-state index in [0.29, 0.717) is 54.6 Å². The highest BCUT2D eigenvalue weighted by molar-refractivity contribution is 7.99. The van der Waals surface area contributed by atoms with E-state index < -0.39 is 22.7 Å². The van der Waals surface area contributed by atoms with Crippen LogP contribution in [0.2, 0.25) is 0 Å². The monoisotopic (exact) mass is 989 g/mol. The summed E-state index contributed by atoms with van der Waals surface area (Å²) in [5, 5.41) is 36.5. The summed E-state index contributed by atoms with van der Waals surface area (Å²) in [7, 11) is 0. The Morgan fingerprint density at radius 2 is 1.68 bits per heavy atom. The van der Waals surface area contributed by atoms with Crippen molar-refractivity contribution in [1.82, 2.24) is 4.90 Å². The third kappa shape index (κ3) is 12.7. The Balaban J connectivity index is 1.27. The lowest BCUT2D eigenvalue weighted by Gasteiger charge is -2.60. The SMILES string of the molecule is C=CCO[C@@]12Oc3ccc(OCCSc4ccccc4)cc3[C@H]3[C@H](CCCCO)[C@@H](CCCCO)C=C(C(=NOCc4ccc([N+](=O)[O-])cc4)C[C@@H]1N(Cc1ccc(F)cc1)C(=O)CCC1CCCC1)[C@H]32. The first-order chi connectivity index (χ1) is 34.7. The third-order valence-corrected chi connectivity index (χ3v) is 15.7. The zero-order valence-corrected chi connectivity index (χ0v) is 41.4. The molecular weight excluding hydrogens is 922 g/mol. The second kappa shape index (κ2) is 25.2. The molecule has 0 radical (unpaired) electrons. The van der Waals surface area contributed by atoms with Crippen molar-refractivity contribution < 1.29 is 43.4 Å². The van der Waals surface area contributed by atoms with Crippen LogP contribution in [0.1, 0.15) is 106 Å². The summed E-state index contributed by atoms with van der Waals surface area (Å²) in [4.78, 5) is 35.6. The molecule has 1 amide bonds. The van der Waals surface area contributed by atoms with E-state index in [-0.39, 0.29) is 74.6 Å². The second-order valence-corrected chi connectivity index (χ2v) is 20.5. The topological polar surface area (TPSA) is 153 Å². The molecule has 0 unspecified atom stereocenters. The standard InChI is InChI=1S/C57H68FN3O9S/c1-2-32-68-57-53(60(38-41-18-23-44(58)24-19-41)54(64)29-22-40-12-6-7-13-40)37-51(59-69-39-42-20-25-45(26-21-42)61(65)66)49-35-43(14-8-10-30-62)48(17-9-11-31-63)55(56(49)57)50-36-46(27-28-52(50)70-57)67-33-34-71-47-15-4-3-5-16-47/h2-5,15-16,18-21,23-28,35-36,40,43,48,53,55-56,62-63H,1,6-14,17,22,29-34,37-39H2/t43-,48+,53-,55+,56+,57+/m0/s1. The van der Waals surface area contributed by atoms with Gasteiger partial charge in [-0.25, -0.2) is 4.39 Å². The van der Waals surface area contributed by atoms with Crippen LogP contribution in [0.15, 0.2) is 131 Å². The molecule has 12 nitrogen and oxygen atoms in total. The number of fused-ring (bicyclic) bond motifs is 2. The van der Waals surface area contributed by atoms with Gasteiger partial charge in [-0.05, 0) is 121 Å². The van der Waals surface area contributed by atoms with Gasteiger partial charge in [-0.1, -0.05) is 86.2 Å². The van der Waals surface area contributed by atoms with E-state index >= 15 is 4.79 Å². The molecule has 0 spiro atoms. The lowest BCUT2D eigenvalue weighted by Crippen LogP contribution is -2.70. The van der Waals surface area contributed by atoms with E-state index in [0.717, 1.165) is 85.1 Å². The molecule has 71 heavy (non-hydrogen) atoms. The van der Waals surface area contributed by atoms with E-state index in [1.165, 1.54) is 24.3 Å². The Hall–Kier alpha value is -5.54. The number of unbranched alkanes of at least 4 members (excludes halogenated alkanes) is 2. The number of ether oxygens (including phenoxy) is 3. The van der Waals surface area contributed by atoms with Crippen LogP contribution in [0.25, 0.3) is 0 Å². The zero-order valence-electron chi connectivity index (χ0n) is 40.6. The van der Waals surface area contributed by atoms with Crippen LogP contribution in [0.3, 0.4) is 0 Å². The number of halogens is 1. The molecule has 3 aliphatic carbocycles. The van der Waals surface area contributed by atoms with E-state index in [1.54, 1.807) is 42.1 Å². The number of carbonyl (C=O) groups is 1. The molecule has 378 valence electrons. The number of carbonyl (C=O) groups excluding carboxylic acids is 1. The summed E-state index contributed by atoms with van der Waals surface area (Å²) < 4.78 is 35.7. The minimum absolute atomic E-state index is 0.0110. The Kier molecular flexibility index (Phi) is 18.4. The van der Waals surface area contributed by atoms with Crippen molar-refractivity contribution in [3.05, 3.63) is 154 Å². The maximum absolute atomic E-state index is 15.3. The van der Waals surface area contributed by atoms with E-state index in [2.05, 4.69) is 30.9 Å². The van der Waals surface area contributed by atoms with Crippen LogP contribution < -0.4 is 9.47 Å². The quantitative estimate of drug-likeness (QED) is 0.0204. The molecule has 0 bridgehead atoms. The van der Waals surface area contributed by atoms with Crippen molar-refractivity contribution in [1.29, 1.82) is 0 Å². The number of oxime groups is 1. The summed E-state index contributed by atoms with van der Waals surface area (Å²) in [6, 6.07) is 27.9. The minimum atomic E-state index is -1.47. The molecule has 1 aliphatic heterocycles. The Bertz CT molecular complexity index is 2450. The number of nitro benzene ring substituents is 1. The summed E-state index contributed by atoms with van der Waals surface area (Å²) >= 11 is 1.73. The molecule has 6 atom stereocenters. The van der Waals surface area contributed by atoms with Gasteiger partial charge in [0.2, 0.25) is 11.7 Å². The smallest absolute Gasteiger partial charge is 0.269 e. The zero-order chi connectivity index (χ0) is 49.6. The van der Waals surface area contributed by atoms with E-state index in [9.17, 15) is 24.7 Å². The molecule has 2 saturated carbocycles. The summed E-state index contributed by atoms with van der Waals surface area (Å²) in [5.74, 6) is -0.141. The maximum atomic E-state index is 15.3. The number of hydrogen-bond donors (Lipinski definition) is 2. The number of hydrogen-bond acceptors (Lipinski definition) is 11. The van der Waals surface area contributed by atoms with Gasteiger partial charge in [0.15, 0.2) is 0 Å². The molecule has 14 heteroatoms. The molecular formula is C57H68FN3O9S. The number of rotatable bonds is 26. The number of nitro groups is 1. The van der Waals surface area contributed by atoms with Gasteiger partial charge in [-0.2, -0.15) is 0 Å². The summed E-state index contributed by atoms with van der Waals surface area (Å²) in [6.45, 7) is 5.01. The van der Waals surface area contributed by atoms with Gasteiger partial charge in [0, 0.05) is 66.9 Å². The number of aliphatic hydroxyl groups is 2. The predicted molar refractivity (Wildman–Crippen MR) is 274 cm³/mol. The van der Waals surface area contributed by atoms with Gasteiger partial charge < -0.3 is 34.2 Å². The predicted octanol–water partition coefficient (Wildman–Crippen LogP) is 11.7. The fraction of sp³-hybridized carbons (Fsp3) is 0.474. The molecule has 4 aliphatic rings. The lowest BCUT2D eigenvalue weighted by atomic mass is 9.55. The molecule has 4 aromatic rings. The molecule has 2 fully saturated rings. The van der Waals surface area contributed by atoms with Crippen molar-refractivity contribution in [3.63, 3.8) is 0 Å². The van der Waals surface area contributed by atoms with E-state index in [1.807, 2.05) is 35.2 Å². The number of nitrogens with zero attached hydrogens (tertiary/aromatic N) is 3. The number of thioether (sulfide) groups is 1. The van der Waals surface area contributed by atoms with Crippen LogP contribution in [-0.4, -0.2) is 75.7 Å². The first kappa shape index (κ1) is 51.8. The summed E-state index contributed by atoms with van der Waals surface area (Å²) in [5.41, 5.74) is 3.90. The fourth-order valence-corrected chi connectivity index (χ4v) is 12.2. The van der Waals surface area contributed by atoms with Crippen molar-refractivity contribution in [2.75, 3.05) is 32.2 Å². The Labute approximate surface area is 421 Å². The Morgan fingerprint density at radius 3 is 2.39 bits per heavy atom.